The molecule has 1 aromatic carbocycles. The first-order valence-corrected chi connectivity index (χ1v) is 6.83. The highest BCUT2D eigenvalue weighted by Crippen LogP contribution is 2.35. The lowest BCUT2D eigenvalue weighted by Crippen LogP contribution is -2.28. The standard InChI is InChI=1S/C12H12Cl2N2OS/c1-17-10-6-7(2-3-8(10)13)11(16-15)12-9(14)4-5-18-12/h2-6,11,16H,15H2,1H3. The number of rotatable bonds is 4. The second-order valence-corrected chi connectivity index (χ2v) is 5.39. The average molecular weight is 303 g/mol. The maximum atomic E-state index is 6.13. The number of nitrogens with two attached hydrogens (primary N) is 1. The summed E-state index contributed by atoms with van der Waals surface area (Å²) in [5.41, 5.74) is 3.71. The van der Waals surface area contributed by atoms with E-state index in [0.717, 1.165) is 10.4 Å². The minimum absolute atomic E-state index is 0.177. The van der Waals surface area contributed by atoms with Gasteiger partial charge in [0.05, 0.1) is 23.2 Å². The molecule has 1 unspecified atom stereocenters. The topological polar surface area (TPSA) is 47.3 Å². The molecule has 96 valence electrons. The molecule has 0 radical (unpaired) electrons. The minimum atomic E-state index is -0.177. The molecule has 18 heavy (non-hydrogen) atoms. The molecular weight excluding hydrogens is 291 g/mol. The van der Waals surface area contributed by atoms with Gasteiger partial charge in [0.25, 0.3) is 0 Å². The number of ether oxygens (including phenoxy) is 1. The number of thiophene rings is 1. The smallest absolute Gasteiger partial charge is 0.137 e. The summed E-state index contributed by atoms with van der Waals surface area (Å²) in [5.74, 6) is 6.23. The van der Waals surface area contributed by atoms with E-state index in [1.807, 2.05) is 23.6 Å². The van der Waals surface area contributed by atoms with Crippen molar-refractivity contribution in [1.82, 2.24) is 5.43 Å². The Morgan fingerprint density at radius 1 is 1.28 bits per heavy atom. The first kappa shape index (κ1) is 13.6. The van der Waals surface area contributed by atoms with E-state index in [9.17, 15) is 0 Å². The SMILES string of the molecule is COc1cc(C(NN)c2sccc2Cl)ccc1Cl. The summed E-state index contributed by atoms with van der Waals surface area (Å²) in [6.45, 7) is 0. The zero-order valence-electron chi connectivity index (χ0n) is 9.61. The highest BCUT2D eigenvalue weighted by atomic mass is 35.5. The highest BCUT2D eigenvalue weighted by Gasteiger charge is 2.18. The summed E-state index contributed by atoms with van der Waals surface area (Å²) < 4.78 is 5.20. The summed E-state index contributed by atoms with van der Waals surface area (Å²) in [7, 11) is 1.58. The average Bonchev–Trinajstić information content (AvgIpc) is 2.79. The van der Waals surface area contributed by atoms with Crippen LogP contribution in [0.2, 0.25) is 10.0 Å². The molecule has 0 fully saturated rings. The van der Waals surface area contributed by atoms with Gasteiger partial charge in [-0.15, -0.1) is 11.3 Å². The quantitative estimate of drug-likeness (QED) is 0.670. The Kier molecular flexibility index (Phi) is 4.48. The molecule has 3 N–H and O–H groups in total. The lowest BCUT2D eigenvalue weighted by atomic mass is 10.1. The molecule has 1 heterocycles. The van der Waals surface area contributed by atoms with Gasteiger partial charge >= 0.3 is 0 Å². The zero-order chi connectivity index (χ0) is 13.1. The second kappa shape index (κ2) is 5.91. The molecule has 0 aliphatic rings. The number of halogens is 2. The Labute approximate surface area is 119 Å². The molecule has 3 nitrogen and oxygen atoms in total. The number of hydrazine groups is 1. The molecule has 0 bridgehead atoms. The van der Waals surface area contributed by atoms with Crippen molar-refractivity contribution in [2.75, 3.05) is 7.11 Å². The molecule has 0 saturated carbocycles. The molecule has 0 aliphatic heterocycles. The van der Waals surface area contributed by atoms with Gasteiger partial charge in [0.15, 0.2) is 0 Å². The van der Waals surface area contributed by atoms with Crippen LogP contribution in [-0.2, 0) is 0 Å². The zero-order valence-corrected chi connectivity index (χ0v) is 11.9. The van der Waals surface area contributed by atoms with E-state index in [4.69, 9.17) is 33.8 Å². The fourth-order valence-electron chi connectivity index (χ4n) is 1.69. The van der Waals surface area contributed by atoms with Crippen LogP contribution in [0.5, 0.6) is 5.75 Å². The third-order valence-corrected chi connectivity index (χ3v) is 4.32. The van der Waals surface area contributed by atoms with Crippen LogP contribution in [-0.4, -0.2) is 7.11 Å². The van der Waals surface area contributed by atoms with Crippen molar-refractivity contribution < 1.29 is 4.74 Å². The van der Waals surface area contributed by atoms with Gasteiger partial charge in [-0.05, 0) is 29.1 Å². The fraction of sp³-hybridized carbons (Fsp3) is 0.167. The second-order valence-electron chi connectivity index (χ2n) is 3.63. The first-order chi connectivity index (χ1) is 8.67. The predicted molar refractivity (Wildman–Crippen MR) is 76.5 cm³/mol. The van der Waals surface area contributed by atoms with Gasteiger partial charge in [0.1, 0.15) is 5.75 Å². The van der Waals surface area contributed by atoms with E-state index >= 15 is 0 Å². The van der Waals surface area contributed by atoms with Crippen LogP contribution in [0.25, 0.3) is 0 Å². The molecule has 2 aromatic rings. The summed E-state index contributed by atoms with van der Waals surface area (Å²) >= 11 is 13.7. The van der Waals surface area contributed by atoms with E-state index in [2.05, 4.69) is 5.43 Å². The third kappa shape index (κ3) is 2.63. The van der Waals surface area contributed by atoms with Crippen molar-refractivity contribution in [3.63, 3.8) is 0 Å². The summed E-state index contributed by atoms with van der Waals surface area (Å²) in [5, 5.41) is 3.18. The molecule has 1 aromatic heterocycles. The number of benzene rings is 1. The monoisotopic (exact) mass is 302 g/mol. The largest absolute Gasteiger partial charge is 0.495 e. The number of hydrogen-bond acceptors (Lipinski definition) is 4. The summed E-state index contributed by atoms with van der Waals surface area (Å²) in [6, 6.07) is 7.19. The molecule has 0 amide bonds. The minimum Gasteiger partial charge on any atom is -0.495 e. The Morgan fingerprint density at radius 2 is 2.06 bits per heavy atom. The van der Waals surface area contributed by atoms with Crippen LogP contribution in [0.15, 0.2) is 29.6 Å². The fourth-order valence-corrected chi connectivity index (χ4v) is 3.14. The lowest BCUT2D eigenvalue weighted by Gasteiger charge is -2.16. The maximum absolute atomic E-state index is 6.13. The van der Waals surface area contributed by atoms with Crippen LogP contribution in [0.4, 0.5) is 0 Å². The van der Waals surface area contributed by atoms with E-state index in [-0.39, 0.29) is 6.04 Å². The lowest BCUT2D eigenvalue weighted by molar-refractivity contribution is 0.414. The van der Waals surface area contributed by atoms with Crippen LogP contribution in [0.3, 0.4) is 0 Å². The van der Waals surface area contributed by atoms with Crippen molar-refractivity contribution in [2.45, 2.75) is 6.04 Å². The van der Waals surface area contributed by atoms with Crippen LogP contribution in [0, 0.1) is 0 Å². The molecule has 6 heteroatoms. The summed E-state index contributed by atoms with van der Waals surface area (Å²) in [6.07, 6.45) is 0. The normalized spacial score (nSPS) is 12.4. The Balaban J connectivity index is 2.42. The van der Waals surface area contributed by atoms with Crippen molar-refractivity contribution >= 4 is 34.5 Å². The van der Waals surface area contributed by atoms with Crippen LogP contribution >= 0.6 is 34.5 Å². The number of methoxy groups -OCH3 is 1. The van der Waals surface area contributed by atoms with Crippen molar-refractivity contribution in [2.24, 2.45) is 5.84 Å². The van der Waals surface area contributed by atoms with Gasteiger partial charge in [0.2, 0.25) is 0 Å². The van der Waals surface area contributed by atoms with Crippen molar-refractivity contribution in [3.05, 3.63) is 50.1 Å². The Hall–Kier alpha value is -0.780. The van der Waals surface area contributed by atoms with E-state index in [1.54, 1.807) is 24.5 Å². The molecule has 2 rings (SSSR count). The maximum Gasteiger partial charge on any atom is 0.137 e. The third-order valence-electron chi connectivity index (χ3n) is 2.58. The van der Waals surface area contributed by atoms with Gasteiger partial charge in [-0.3, -0.25) is 5.84 Å². The molecule has 1 atom stereocenters. The van der Waals surface area contributed by atoms with Crippen LogP contribution < -0.4 is 16.0 Å². The molecule has 0 spiro atoms. The summed E-state index contributed by atoms with van der Waals surface area (Å²) in [4.78, 5) is 0.962. The van der Waals surface area contributed by atoms with Gasteiger partial charge in [0, 0.05) is 4.88 Å². The van der Waals surface area contributed by atoms with Gasteiger partial charge in [-0.25, -0.2) is 5.43 Å². The van der Waals surface area contributed by atoms with Gasteiger partial charge in [-0.1, -0.05) is 29.3 Å². The molecular formula is C12H12Cl2N2OS. The van der Waals surface area contributed by atoms with E-state index < -0.39 is 0 Å². The first-order valence-electron chi connectivity index (χ1n) is 5.19. The number of hydrogen-bond donors (Lipinski definition) is 2. The van der Waals surface area contributed by atoms with E-state index in [1.165, 1.54) is 0 Å². The Morgan fingerprint density at radius 3 is 2.61 bits per heavy atom. The van der Waals surface area contributed by atoms with Crippen LogP contribution in [0.1, 0.15) is 16.5 Å². The predicted octanol–water partition coefficient (Wildman–Crippen LogP) is 3.62. The number of nitrogens with one attached hydrogen (secondary N) is 1. The molecule has 0 saturated heterocycles. The van der Waals surface area contributed by atoms with Crippen molar-refractivity contribution in [3.8, 4) is 5.75 Å². The van der Waals surface area contributed by atoms with Crippen molar-refractivity contribution in [1.29, 1.82) is 0 Å². The van der Waals surface area contributed by atoms with E-state index in [0.29, 0.717) is 15.8 Å². The highest BCUT2D eigenvalue weighted by molar-refractivity contribution is 7.10. The van der Waals surface area contributed by atoms with Gasteiger partial charge < -0.3 is 4.74 Å². The molecule has 0 aliphatic carbocycles. The Bertz CT molecular complexity index is 545. The van der Waals surface area contributed by atoms with Gasteiger partial charge in [-0.2, -0.15) is 0 Å².